The normalized spacial score (nSPS) is 15.0. The molecule has 1 amide bonds. The van der Waals surface area contributed by atoms with E-state index in [0.29, 0.717) is 5.56 Å². The lowest BCUT2D eigenvalue weighted by Crippen LogP contribution is -2.27. The number of carbonyl (C=O) groups is 1. The van der Waals surface area contributed by atoms with Gasteiger partial charge in [-0.2, -0.15) is 0 Å². The van der Waals surface area contributed by atoms with Crippen LogP contribution in [0.15, 0.2) is 39.9 Å². The van der Waals surface area contributed by atoms with Crippen LogP contribution in [0.4, 0.5) is 0 Å². The quantitative estimate of drug-likeness (QED) is 0.887. The summed E-state index contributed by atoms with van der Waals surface area (Å²) in [5, 5.41) is 1.63. The molecule has 1 fully saturated rings. The summed E-state index contributed by atoms with van der Waals surface area (Å²) in [6, 6.07) is 9.17. The molecule has 24 heavy (non-hydrogen) atoms. The van der Waals surface area contributed by atoms with Gasteiger partial charge in [0.05, 0.1) is 5.56 Å². The Morgan fingerprint density at radius 3 is 2.71 bits per heavy atom. The summed E-state index contributed by atoms with van der Waals surface area (Å²) in [5.74, 6) is -0.0797. The van der Waals surface area contributed by atoms with Crippen molar-refractivity contribution >= 4 is 27.3 Å². The van der Waals surface area contributed by atoms with E-state index >= 15 is 0 Å². The molecule has 1 aromatic carbocycles. The minimum Gasteiger partial charge on any atom is -0.339 e. The largest absolute Gasteiger partial charge is 0.339 e. The van der Waals surface area contributed by atoms with Crippen molar-refractivity contribution in [3.63, 3.8) is 0 Å². The summed E-state index contributed by atoms with van der Waals surface area (Å²) in [6.45, 7) is 3.70. The third kappa shape index (κ3) is 3.85. The average molecular weight is 364 g/mol. The standard InChI is InChI=1S/C17H20N2O3S2/c1-13-5-4-6-14(9-13)11-18-24(21,22)16-10-15(12-23-16)17(20)19-7-2-3-8-19/h4-6,9-10,12,18H,2-3,7-8,11H2,1H3. The zero-order valence-corrected chi connectivity index (χ0v) is 15.1. The molecule has 2 heterocycles. The maximum atomic E-state index is 12.4. The van der Waals surface area contributed by atoms with Crippen molar-refractivity contribution in [1.29, 1.82) is 0 Å². The first-order valence-electron chi connectivity index (χ1n) is 7.89. The topological polar surface area (TPSA) is 66.5 Å². The number of amides is 1. The molecule has 2 aromatic rings. The molecule has 128 valence electrons. The smallest absolute Gasteiger partial charge is 0.254 e. The van der Waals surface area contributed by atoms with E-state index < -0.39 is 10.0 Å². The van der Waals surface area contributed by atoms with Crippen LogP contribution in [0.25, 0.3) is 0 Å². The lowest BCUT2D eigenvalue weighted by molar-refractivity contribution is 0.0793. The lowest BCUT2D eigenvalue weighted by Gasteiger charge is -2.13. The number of hydrogen-bond acceptors (Lipinski definition) is 4. The second kappa shape index (κ2) is 7.04. The van der Waals surface area contributed by atoms with E-state index in [4.69, 9.17) is 0 Å². The first kappa shape index (κ1) is 17.1. The first-order valence-corrected chi connectivity index (χ1v) is 10.2. The second-order valence-corrected chi connectivity index (χ2v) is 8.87. The fourth-order valence-electron chi connectivity index (χ4n) is 2.74. The van der Waals surface area contributed by atoms with Crippen molar-refractivity contribution in [3.8, 4) is 0 Å². The lowest BCUT2D eigenvalue weighted by atomic mass is 10.1. The van der Waals surface area contributed by atoms with E-state index in [9.17, 15) is 13.2 Å². The molecular weight excluding hydrogens is 344 g/mol. The molecule has 1 N–H and O–H groups in total. The summed E-state index contributed by atoms with van der Waals surface area (Å²) >= 11 is 1.08. The molecule has 0 saturated carbocycles. The molecule has 1 aromatic heterocycles. The number of hydrogen-bond donors (Lipinski definition) is 1. The highest BCUT2D eigenvalue weighted by molar-refractivity contribution is 7.91. The Labute approximate surface area is 146 Å². The van der Waals surface area contributed by atoms with Crippen LogP contribution >= 0.6 is 11.3 Å². The Morgan fingerprint density at radius 2 is 2.00 bits per heavy atom. The number of carbonyl (C=O) groups excluding carboxylic acids is 1. The predicted octanol–water partition coefficient (Wildman–Crippen LogP) is 2.77. The van der Waals surface area contributed by atoms with E-state index in [0.717, 1.165) is 48.4 Å². The van der Waals surface area contributed by atoms with Crippen LogP contribution in [0.5, 0.6) is 0 Å². The molecule has 1 aliphatic rings. The van der Waals surface area contributed by atoms with Gasteiger partial charge in [-0.15, -0.1) is 11.3 Å². The highest BCUT2D eigenvalue weighted by Gasteiger charge is 2.23. The fraction of sp³-hybridized carbons (Fsp3) is 0.353. The molecular formula is C17H20N2O3S2. The zero-order chi connectivity index (χ0) is 17.2. The van der Waals surface area contributed by atoms with Crippen molar-refractivity contribution in [3.05, 3.63) is 52.4 Å². The first-order chi connectivity index (χ1) is 11.5. The molecule has 1 aliphatic heterocycles. The zero-order valence-electron chi connectivity index (χ0n) is 13.5. The van der Waals surface area contributed by atoms with Crippen LogP contribution in [0, 0.1) is 6.92 Å². The third-order valence-corrected chi connectivity index (χ3v) is 6.87. The van der Waals surface area contributed by atoms with Gasteiger partial charge in [-0.3, -0.25) is 4.79 Å². The average Bonchev–Trinajstić information content (AvgIpc) is 3.24. The van der Waals surface area contributed by atoms with Crippen LogP contribution in [0.2, 0.25) is 0 Å². The number of nitrogens with zero attached hydrogens (tertiary/aromatic N) is 1. The Balaban J connectivity index is 1.69. The van der Waals surface area contributed by atoms with Gasteiger partial charge < -0.3 is 4.90 Å². The van der Waals surface area contributed by atoms with Crippen LogP contribution in [-0.4, -0.2) is 32.3 Å². The summed E-state index contributed by atoms with van der Waals surface area (Å²) in [4.78, 5) is 14.1. The summed E-state index contributed by atoms with van der Waals surface area (Å²) in [5.41, 5.74) is 2.45. The van der Waals surface area contributed by atoms with Gasteiger partial charge in [-0.05, 0) is 31.4 Å². The maximum Gasteiger partial charge on any atom is 0.254 e. The van der Waals surface area contributed by atoms with Crippen LogP contribution in [0.1, 0.15) is 34.3 Å². The van der Waals surface area contributed by atoms with E-state index in [1.807, 2.05) is 31.2 Å². The Hall–Kier alpha value is -1.70. The van der Waals surface area contributed by atoms with Crippen molar-refractivity contribution in [1.82, 2.24) is 9.62 Å². The van der Waals surface area contributed by atoms with Gasteiger partial charge in [0.25, 0.3) is 5.91 Å². The SMILES string of the molecule is Cc1cccc(CNS(=O)(=O)c2cc(C(=O)N3CCCC3)cs2)c1. The van der Waals surface area contributed by atoms with Gasteiger partial charge in [-0.1, -0.05) is 29.8 Å². The van der Waals surface area contributed by atoms with Gasteiger partial charge in [0, 0.05) is 25.0 Å². The van der Waals surface area contributed by atoms with Crippen LogP contribution < -0.4 is 4.72 Å². The van der Waals surface area contributed by atoms with Gasteiger partial charge >= 0.3 is 0 Å². The monoisotopic (exact) mass is 364 g/mol. The van der Waals surface area contributed by atoms with Crippen molar-refractivity contribution < 1.29 is 13.2 Å². The van der Waals surface area contributed by atoms with Gasteiger partial charge in [0.15, 0.2) is 0 Å². The highest BCUT2D eigenvalue weighted by Crippen LogP contribution is 2.23. The molecule has 0 spiro atoms. The van der Waals surface area contributed by atoms with Crippen molar-refractivity contribution in [2.24, 2.45) is 0 Å². The summed E-state index contributed by atoms with van der Waals surface area (Å²) in [7, 11) is -3.61. The van der Waals surface area contributed by atoms with E-state index in [-0.39, 0.29) is 16.7 Å². The molecule has 5 nitrogen and oxygen atoms in total. The fourth-order valence-corrected chi connectivity index (χ4v) is 4.96. The molecule has 1 saturated heterocycles. The molecule has 0 aliphatic carbocycles. The Kier molecular flexibility index (Phi) is 5.03. The summed E-state index contributed by atoms with van der Waals surface area (Å²) in [6.07, 6.45) is 2.03. The minimum absolute atomic E-state index is 0.0797. The number of likely N-dealkylation sites (tertiary alicyclic amines) is 1. The van der Waals surface area contributed by atoms with E-state index in [1.165, 1.54) is 6.07 Å². The number of nitrogens with one attached hydrogen (secondary N) is 1. The number of rotatable bonds is 5. The number of sulfonamides is 1. The predicted molar refractivity (Wildman–Crippen MR) is 94.7 cm³/mol. The molecule has 0 atom stereocenters. The molecule has 0 bridgehead atoms. The van der Waals surface area contributed by atoms with E-state index in [1.54, 1.807) is 10.3 Å². The highest BCUT2D eigenvalue weighted by atomic mass is 32.2. The van der Waals surface area contributed by atoms with Crippen molar-refractivity contribution in [2.45, 2.75) is 30.5 Å². The second-order valence-electron chi connectivity index (χ2n) is 5.97. The number of aryl methyl sites for hydroxylation is 1. The molecule has 3 rings (SSSR count). The molecule has 0 unspecified atom stereocenters. The Morgan fingerprint density at radius 1 is 1.25 bits per heavy atom. The maximum absolute atomic E-state index is 12.4. The molecule has 0 radical (unpaired) electrons. The van der Waals surface area contributed by atoms with E-state index in [2.05, 4.69) is 4.72 Å². The van der Waals surface area contributed by atoms with Crippen molar-refractivity contribution in [2.75, 3.05) is 13.1 Å². The van der Waals surface area contributed by atoms with Gasteiger partial charge in [-0.25, -0.2) is 13.1 Å². The van der Waals surface area contributed by atoms with Gasteiger partial charge in [0.2, 0.25) is 10.0 Å². The van der Waals surface area contributed by atoms with Gasteiger partial charge in [0.1, 0.15) is 4.21 Å². The van der Waals surface area contributed by atoms with Crippen LogP contribution in [-0.2, 0) is 16.6 Å². The minimum atomic E-state index is -3.61. The number of thiophene rings is 1. The third-order valence-electron chi connectivity index (χ3n) is 4.03. The summed E-state index contributed by atoms with van der Waals surface area (Å²) < 4.78 is 27.6. The molecule has 7 heteroatoms. The van der Waals surface area contributed by atoms with Crippen LogP contribution in [0.3, 0.4) is 0 Å². The Bertz CT molecular complexity index is 837. The number of benzene rings is 1.